The van der Waals surface area contributed by atoms with Crippen molar-refractivity contribution in [2.24, 2.45) is 22.7 Å². The Hall–Kier alpha value is -3.50. The van der Waals surface area contributed by atoms with Crippen LogP contribution >= 0.6 is 0 Å². The van der Waals surface area contributed by atoms with E-state index in [1.807, 2.05) is 52.0 Å². The van der Waals surface area contributed by atoms with Crippen LogP contribution in [0, 0.1) is 22.7 Å². The van der Waals surface area contributed by atoms with Crippen LogP contribution < -0.4 is 4.84 Å². The average molecular weight is 585 g/mol. The Kier molecular flexibility index (Phi) is 8.72. The molecule has 1 saturated carbocycles. The lowest BCUT2D eigenvalue weighted by atomic mass is 9.77. The van der Waals surface area contributed by atoms with Gasteiger partial charge in [-0.05, 0) is 55.9 Å². The predicted octanol–water partition coefficient (Wildman–Crippen LogP) is 3.77. The van der Waals surface area contributed by atoms with Crippen molar-refractivity contribution in [3.05, 3.63) is 24.3 Å². The van der Waals surface area contributed by atoms with Gasteiger partial charge in [0.2, 0.25) is 5.91 Å². The minimum absolute atomic E-state index is 0.0160. The Bertz CT molecular complexity index is 1340. The number of ether oxygens (including phenoxy) is 2. The molecule has 2 aliphatic rings. The number of rotatable bonds is 10. The third-order valence-corrected chi connectivity index (χ3v) is 8.43. The zero-order valence-electron chi connectivity index (χ0n) is 26.0. The highest BCUT2D eigenvalue weighted by molar-refractivity contribution is 5.95. The molecule has 0 unspecified atom stereocenters. The van der Waals surface area contributed by atoms with Crippen molar-refractivity contribution >= 4 is 34.7 Å². The largest absolute Gasteiger partial charge is 0.469 e. The maximum Gasteiger partial charge on any atom is 0.312 e. The molecule has 1 aliphatic heterocycles. The van der Waals surface area contributed by atoms with Crippen LogP contribution in [0.5, 0.6) is 0 Å². The Labute approximate surface area is 247 Å². The molecule has 2 fully saturated rings. The molecule has 5 atom stereocenters. The van der Waals surface area contributed by atoms with Crippen molar-refractivity contribution in [3.63, 3.8) is 0 Å². The fraction of sp³-hybridized carbons (Fsp3) is 0.677. The molecule has 0 N–H and O–H groups in total. The second-order valence-electron chi connectivity index (χ2n) is 13.7. The van der Waals surface area contributed by atoms with Crippen LogP contribution in [0.1, 0.15) is 80.6 Å². The minimum atomic E-state index is -0.865. The number of hydrogen-bond acceptors (Lipinski definition) is 9. The van der Waals surface area contributed by atoms with Crippen LogP contribution in [0.2, 0.25) is 0 Å². The number of para-hydroxylation sites is 1. The summed E-state index contributed by atoms with van der Waals surface area (Å²) in [4.78, 5) is 62.8. The summed E-state index contributed by atoms with van der Waals surface area (Å²) < 4.78 is 10.6. The number of fused-ring (bicyclic) bond motifs is 1. The van der Waals surface area contributed by atoms with Gasteiger partial charge in [0, 0.05) is 12.8 Å². The fourth-order valence-corrected chi connectivity index (χ4v) is 6.09. The first kappa shape index (κ1) is 31.4. The number of carbonyl (C=O) groups excluding carboxylic acids is 4. The highest BCUT2D eigenvalue weighted by atomic mass is 16.7. The number of nitrogens with zero attached hydrogens (tertiary/aromatic N) is 4. The standard InChI is InChI=1S/C31H44N4O7/c1-9-19-16-31(19,28(39)40-8)17-25(36)24-14-20(42-35-23-13-11-10-12-22(23)32-33-35)18-34(24)27(38)21(29(2,3)4)15-26(37)41-30(5,6)7/h10-13,19-21,24H,9,14-18H2,1-8H3/t19-,20-,21-,24+,31-/m1/s1. The number of aromatic nitrogens is 3. The van der Waals surface area contributed by atoms with E-state index >= 15 is 0 Å². The molecule has 1 saturated heterocycles. The molecule has 11 nitrogen and oxygen atoms in total. The summed E-state index contributed by atoms with van der Waals surface area (Å²) in [5.41, 5.74) is -0.844. The van der Waals surface area contributed by atoms with E-state index in [1.165, 1.54) is 16.9 Å². The Morgan fingerprint density at radius 2 is 1.79 bits per heavy atom. The topological polar surface area (TPSA) is 130 Å². The van der Waals surface area contributed by atoms with E-state index in [0.29, 0.717) is 17.5 Å². The average Bonchev–Trinajstić information content (AvgIpc) is 3.23. The summed E-state index contributed by atoms with van der Waals surface area (Å²) in [6.45, 7) is 13.1. The molecule has 1 aromatic heterocycles. The quantitative estimate of drug-likeness (QED) is 0.383. The summed E-state index contributed by atoms with van der Waals surface area (Å²) in [5, 5.41) is 8.24. The minimum Gasteiger partial charge on any atom is -0.469 e. The van der Waals surface area contributed by atoms with Crippen molar-refractivity contribution in [3.8, 4) is 0 Å². The molecule has 0 spiro atoms. The van der Waals surface area contributed by atoms with Gasteiger partial charge in [0.1, 0.15) is 22.7 Å². The number of likely N-dealkylation sites (tertiary alicyclic amines) is 1. The third kappa shape index (κ3) is 6.60. The summed E-state index contributed by atoms with van der Waals surface area (Å²) in [5.74, 6) is -2.10. The smallest absolute Gasteiger partial charge is 0.312 e. The first-order chi connectivity index (χ1) is 19.6. The van der Waals surface area contributed by atoms with Crippen molar-refractivity contribution in [2.45, 2.75) is 98.3 Å². The highest BCUT2D eigenvalue weighted by Crippen LogP contribution is 2.58. The second-order valence-corrected chi connectivity index (χ2v) is 13.7. The molecule has 1 aliphatic carbocycles. The number of methoxy groups -OCH3 is 1. The summed E-state index contributed by atoms with van der Waals surface area (Å²) in [7, 11) is 1.34. The van der Waals surface area contributed by atoms with E-state index in [2.05, 4.69) is 10.3 Å². The van der Waals surface area contributed by atoms with Crippen molar-refractivity contribution in [1.82, 2.24) is 20.1 Å². The molecular weight excluding hydrogens is 540 g/mol. The molecule has 2 aromatic rings. The number of amides is 1. The molecule has 11 heteroatoms. The number of esters is 2. The first-order valence-corrected chi connectivity index (χ1v) is 14.7. The molecule has 1 amide bonds. The van der Waals surface area contributed by atoms with E-state index in [4.69, 9.17) is 14.3 Å². The van der Waals surface area contributed by atoms with Gasteiger partial charge in [-0.1, -0.05) is 51.1 Å². The third-order valence-electron chi connectivity index (χ3n) is 8.43. The van der Waals surface area contributed by atoms with E-state index in [0.717, 1.165) is 6.42 Å². The molecular formula is C31H44N4O7. The predicted molar refractivity (Wildman–Crippen MR) is 154 cm³/mol. The number of carbonyl (C=O) groups is 4. The van der Waals surface area contributed by atoms with Gasteiger partial charge in [0.15, 0.2) is 5.78 Å². The van der Waals surface area contributed by atoms with E-state index in [1.54, 1.807) is 20.8 Å². The van der Waals surface area contributed by atoms with Crippen LogP contribution in [-0.4, -0.2) is 75.1 Å². The second kappa shape index (κ2) is 11.6. The van der Waals surface area contributed by atoms with Crippen LogP contribution in [0.4, 0.5) is 0 Å². The van der Waals surface area contributed by atoms with Gasteiger partial charge in [0.05, 0.1) is 37.5 Å². The van der Waals surface area contributed by atoms with Gasteiger partial charge in [-0.3, -0.25) is 19.2 Å². The van der Waals surface area contributed by atoms with Gasteiger partial charge >= 0.3 is 11.9 Å². The van der Waals surface area contributed by atoms with E-state index in [-0.39, 0.29) is 43.4 Å². The molecule has 42 heavy (non-hydrogen) atoms. The zero-order valence-corrected chi connectivity index (χ0v) is 26.0. The summed E-state index contributed by atoms with van der Waals surface area (Å²) in [6, 6.07) is 6.50. The van der Waals surface area contributed by atoms with Gasteiger partial charge in [0.25, 0.3) is 0 Å². The molecule has 0 bridgehead atoms. The van der Waals surface area contributed by atoms with Gasteiger partial charge < -0.3 is 19.2 Å². The highest BCUT2D eigenvalue weighted by Gasteiger charge is 2.61. The van der Waals surface area contributed by atoms with Crippen molar-refractivity contribution in [1.29, 1.82) is 0 Å². The first-order valence-electron chi connectivity index (χ1n) is 14.7. The Morgan fingerprint density at radius 1 is 1.10 bits per heavy atom. The lowest BCUT2D eigenvalue weighted by Gasteiger charge is -2.35. The SMILES string of the molecule is CC[C@@H]1C[C@]1(CC(=O)[C@@H]1C[C@@H](On2nnc3ccccc32)CN1C(=O)[C@@H](CC(=O)OC(C)(C)C)C(C)(C)C)C(=O)OC. The van der Waals surface area contributed by atoms with Gasteiger partial charge in [-0.2, -0.15) is 0 Å². The molecule has 0 radical (unpaired) electrons. The van der Waals surface area contributed by atoms with Gasteiger partial charge in [-0.25, -0.2) is 0 Å². The molecule has 230 valence electrons. The summed E-state index contributed by atoms with van der Waals surface area (Å²) in [6.07, 6.45) is 0.846. The van der Waals surface area contributed by atoms with Crippen molar-refractivity contribution in [2.75, 3.05) is 13.7 Å². The normalized spacial score (nSPS) is 24.8. The maximum atomic E-state index is 14.2. The zero-order chi connectivity index (χ0) is 31.0. The van der Waals surface area contributed by atoms with Crippen LogP contribution in [0.15, 0.2) is 24.3 Å². The fourth-order valence-electron chi connectivity index (χ4n) is 6.09. The van der Waals surface area contributed by atoms with E-state index in [9.17, 15) is 19.2 Å². The van der Waals surface area contributed by atoms with Crippen LogP contribution in [-0.2, 0) is 28.7 Å². The lowest BCUT2D eigenvalue weighted by Crippen LogP contribution is -2.48. The van der Waals surface area contributed by atoms with Crippen LogP contribution in [0.25, 0.3) is 11.0 Å². The number of ketones is 1. The van der Waals surface area contributed by atoms with Crippen LogP contribution in [0.3, 0.4) is 0 Å². The molecule has 2 heterocycles. The maximum absolute atomic E-state index is 14.2. The summed E-state index contributed by atoms with van der Waals surface area (Å²) >= 11 is 0. The molecule has 4 rings (SSSR count). The number of benzene rings is 1. The number of Topliss-reactive ketones (excluding diaryl/α,β-unsaturated/α-hetero) is 1. The monoisotopic (exact) mass is 584 g/mol. The lowest BCUT2D eigenvalue weighted by molar-refractivity contribution is -0.161. The number of hydrogen-bond donors (Lipinski definition) is 0. The van der Waals surface area contributed by atoms with E-state index < -0.39 is 46.4 Å². The Balaban J connectivity index is 1.62. The molecule has 1 aromatic carbocycles. The Morgan fingerprint density at radius 3 is 2.38 bits per heavy atom. The van der Waals surface area contributed by atoms with Crippen molar-refractivity contribution < 1.29 is 33.5 Å². The van der Waals surface area contributed by atoms with Gasteiger partial charge in [-0.15, -0.1) is 5.10 Å².